The summed E-state index contributed by atoms with van der Waals surface area (Å²) in [4.78, 5) is 10.2. The number of hydrazine groups is 1. The Labute approximate surface area is 113 Å². The fraction of sp³-hybridized carbons (Fsp3) is 0.357. The summed E-state index contributed by atoms with van der Waals surface area (Å²) in [5.41, 5.74) is 7.48. The van der Waals surface area contributed by atoms with Crippen molar-refractivity contribution in [1.29, 1.82) is 0 Å². The van der Waals surface area contributed by atoms with Gasteiger partial charge in [0.1, 0.15) is 12.0 Å². The van der Waals surface area contributed by atoms with Crippen LogP contribution in [0.3, 0.4) is 0 Å². The molecule has 0 aliphatic rings. The van der Waals surface area contributed by atoms with E-state index in [2.05, 4.69) is 0 Å². The summed E-state index contributed by atoms with van der Waals surface area (Å²) >= 11 is 0. The molecule has 104 valence electrons. The van der Waals surface area contributed by atoms with Crippen LogP contribution in [0.2, 0.25) is 0 Å². The predicted molar refractivity (Wildman–Crippen MR) is 74.9 cm³/mol. The molecule has 0 aliphatic heterocycles. The molecule has 0 unspecified atom stereocenters. The van der Waals surface area contributed by atoms with Gasteiger partial charge in [0.2, 0.25) is 0 Å². The minimum absolute atomic E-state index is 0.273. The lowest BCUT2D eigenvalue weighted by atomic mass is 10.1. The van der Waals surface area contributed by atoms with Gasteiger partial charge in [-0.05, 0) is 37.0 Å². The molecule has 0 saturated carbocycles. The van der Waals surface area contributed by atoms with E-state index < -0.39 is 0 Å². The van der Waals surface area contributed by atoms with E-state index in [4.69, 9.17) is 16.7 Å². The number of aldehydes is 1. The number of hydrogen-bond acceptors (Lipinski definition) is 5. The smallest absolute Gasteiger partial charge is 0.120 e. The molecule has 0 radical (unpaired) electrons. The summed E-state index contributed by atoms with van der Waals surface area (Å²) in [7, 11) is 0. The molecule has 5 nitrogen and oxygen atoms in total. The highest BCUT2D eigenvalue weighted by Gasteiger charge is 1.98. The number of carbonyl (C=O) groups is 1. The molecule has 0 fully saturated rings. The van der Waals surface area contributed by atoms with Crippen LogP contribution < -0.4 is 11.6 Å². The number of nitrogens with zero attached hydrogens (tertiary/aromatic N) is 1. The van der Waals surface area contributed by atoms with Crippen molar-refractivity contribution < 1.29 is 9.90 Å². The molecule has 5 N–H and O–H groups in total. The van der Waals surface area contributed by atoms with Gasteiger partial charge in [0.05, 0.1) is 0 Å². The van der Waals surface area contributed by atoms with Gasteiger partial charge in [0, 0.05) is 24.9 Å². The molecular formula is C14H21N3O2. The van der Waals surface area contributed by atoms with E-state index in [1.54, 1.807) is 23.3 Å². The highest BCUT2D eigenvalue weighted by atomic mass is 16.3. The molecule has 1 aromatic rings. The van der Waals surface area contributed by atoms with Crippen molar-refractivity contribution >= 4 is 6.29 Å². The summed E-state index contributed by atoms with van der Waals surface area (Å²) < 4.78 is 0. The third kappa shape index (κ3) is 6.47. The molecule has 0 bridgehead atoms. The zero-order chi connectivity index (χ0) is 14.1. The summed E-state index contributed by atoms with van der Waals surface area (Å²) in [5, 5.41) is 10.7. The standard InChI is InChI=1S/C14H21N3O2/c15-13(4-2-10-18)11-17(16)9-1-3-12-5-7-14(19)8-6-12/h5-8,10-11,19H,1-4,9,15-16H2/b13-11-. The fourth-order valence-corrected chi connectivity index (χ4v) is 1.70. The highest BCUT2D eigenvalue weighted by molar-refractivity contribution is 5.49. The van der Waals surface area contributed by atoms with Crippen molar-refractivity contribution in [3.63, 3.8) is 0 Å². The number of allylic oxidation sites excluding steroid dienone is 1. The van der Waals surface area contributed by atoms with Crippen LogP contribution in [0.25, 0.3) is 0 Å². The minimum Gasteiger partial charge on any atom is -0.508 e. The first kappa shape index (κ1) is 15.0. The first-order chi connectivity index (χ1) is 9.11. The van der Waals surface area contributed by atoms with E-state index in [1.165, 1.54) is 0 Å². The van der Waals surface area contributed by atoms with Crippen LogP contribution in [0, 0.1) is 0 Å². The number of benzene rings is 1. The maximum absolute atomic E-state index is 10.2. The topological polar surface area (TPSA) is 92.6 Å². The van der Waals surface area contributed by atoms with Crippen molar-refractivity contribution in [2.45, 2.75) is 25.7 Å². The molecule has 0 amide bonds. The zero-order valence-electron chi connectivity index (χ0n) is 11.0. The molecule has 1 aromatic carbocycles. The van der Waals surface area contributed by atoms with Gasteiger partial charge in [-0.15, -0.1) is 0 Å². The second kappa shape index (κ2) is 8.16. The molecule has 0 heterocycles. The molecule has 0 spiro atoms. The summed E-state index contributed by atoms with van der Waals surface area (Å²) in [6, 6.07) is 7.13. The molecule has 19 heavy (non-hydrogen) atoms. The van der Waals surface area contributed by atoms with Gasteiger partial charge in [0.25, 0.3) is 0 Å². The molecule has 0 aromatic heterocycles. The number of carbonyl (C=O) groups excluding carboxylic acids is 1. The van der Waals surface area contributed by atoms with E-state index in [0.717, 1.165) is 24.7 Å². The van der Waals surface area contributed by atoms with Crippen LogP contribution in [0.4, 0.5) is 0 Å². The van der Waals surface area contributed by atoms with Gasteiger partial charge in [0.15, 0.2) is 0 Å². The highest BCUT2D eigenvalue weighted by Crippen LogP contribution is 2.11. The van der Waals surface area contributed by atoms with E-state index in [-0.39, 0.29) is 5.75 Å². The average molecular weight is 263 g/mol. The summed E-state index contributed by atoms with van der Waals surface area (Å²) in [5.74, 6) is 6.06. The molecule has 5 heteroatoms. The van der Waals surface area contributed by atoms with Crippen LogP contribution in [0.5, 0.6) is 5.75 Å². The Balaban J connectivity index is 2.28. The third-order valence-corrected chi connectivity index (χ3v) is 2.70. The number of nitrogens with two attached hydrogens (primary N) is 2. The quantitative estimate of drug-likeness (QED) is 0.373. The van der Waals surface area contributed by atoms with Crippen molar-refractivity contribution in [3.8, 4) is 5.75 Å². The maximum Gasteiger partial charge on any atom is 0.120 e. The number of aryl methyl sites for hydroxylation is 1. The number of aromatic hydroxyl groups is 1. The Morgan fingerprint density at radius 1 is 1.32 bits per heavy atom. The average Bonchev–Trinajstić information content (AvgIpc) is 2.38. The van der Waals surface area contributed by atoms with E-state index in [9.17, 15) is 4.79 Å². The van der Waals surface area contributed by atoms with Crippen LogP contribution in [-0.2, 0) is 11.2 Å². The second-order valence-electron chi connectivity index (χ2n) is 4.42. The van der Waals surface area contributed by atoms with E-state index in [1.807, 2.05) is 12.1 Å². The summed E-state index contributed by atoms with van der Waals surface area (Å²) in [6.45, 7) is 0.683. The predicted octanol–water partition coefficient (Wildman–Crippen LogP) is 1.28. The lowest BCUT2D eigenvalue weighted by Gasteiger charge is -2.14. The van der Waals surface area contributed by atoms with Crippen LogP contribution >= 0.6 is 0 Å². The third-order valence-electron chi connectivity index (χ3n) is 2.70. The molecule has 1 rings (SSSR count). The Hall–Kier alpha value is -2.01. The normalized spacial score (nSPS) is 11.3. The van der Waals surface area contributed by atoms with E-state index >= 15 is 0 Å². The van der Waals surface area contributed by atoms with Crippen molar-refractivity contribution in [1.82, 2.24) is 5.01 Å². The van der Waals surface area contributed by atoms with Crippen molar-refractivity contribution in [2.24, 2.45) is 11.6 Å². The monoisotopic (exact) mass is 263 g/mol. The maximum atomic E-state index is 10.2. The number of hydrogen-bond donors (Lipinski definition) is 3. The summed E-state index contributed by atoms with van der Waals surface area (Å²) in [6.07, 6.45) is 5.24. The first-order valence-corrected chi connectivity index (χ1v) is 6.31. The SMILES string of the molecule is N/C(=C\N(N)CCCc1ccc(O)cc1)CCC=O. The number of phenolic OH excluding ortho intramolecular Hbond substituents is 1. The molecule has 0 atom stereocenters. The van der Waals surface area contributed by atoms with Gasteiger partial charge in [-0.2, -0.15) is 0 Å². The second-order valence-corrected chi connectivity index (χ2v) is 4.42. The first-order valence-electron chi connectivity index (χ1n) is 6.31. The fourth-order valence-electron chi connectivity index (χ4n) is 1.70. The van der Waals surface area contributed by atoms with Gasteiger partial charge in [-0.1, -0.05) is 12.1 Å². The van der Waals surface area contributed by atoms with Gasteiger partial charge < -0.3 is 20.6 Å². The lowest BCUT2D eigenvalue weighted by Crippen LogP contribution is -2.28. The largest absolute Gasteiger partial charge is 0.508 e. The van der Waals surface area contributed by atoms with Gasteiger partial charge in [-0.25, -0.2) is 5.84 Å². The Bertz CT molecular complexity index is 415. The van der Waals surface area contributed by atoms with Crippen LogP contribution in [0.1, 0.15) is 24.8 Å². The van der Waals surface area contributed by atoms with Gasteiger partial charge >= 0.3 is 0 Å². The lowest BCUT2D eigenvalue weighted by molar-refractivity contribution is -0.107. The van der Waals surface area contributed by atoms with Gasteiger partial charge in [-0.3, -0.25) is 0 Å². The molecule has 0 saturated heterocycles. The Morgan fingerprint density at radius 2 is 2.00 bits per heavy atom. The van der Waals surface area contributed by atoms with Crippen molar-refractivity contribution in [2.75, 3.05) is 6.54 Å². The number of rotatable bonds is 8. The molecule has 0 aliphatic carbocycles. The van der Waals surface area contributed by atoms with Crippen LogP contribution in [0.15, 0.2) is 36.2 Å². The Kier molecular flexibility index (Phi) is 6.46. The van der Waals surface area contributed by atoms with Crippen molar-refractivity contribution in [3.05, 3.63) is 41.7 Å². The van der Waals surface area contributed by atoms with E-state index in [0.29, 0.717) is 25.1 Å². The number of phenols is 1. The molecular weight excluding hydrogens is 242 g/mol. The minimum atomic E-state index is 0.273. The Morgan fingerprint density at radius 3 is 2.63 bits per heavy atom. The van der Waals surface area contributed by atoms with Crippen LogP contribution in [-0.4, -0.2) is 22.9 Å². The zero-order valence-corrected chi connectivity index (χ0v) is 11.0.